The van der Waals surface area contributed by atoms with Gasteiger partial charge in [0.1, 0.15) is 5.75 Å². The molecular formula is C15H21N5O. The zero-order chi connectivity index (χ0) is 14.8. The van der Waals surface area contributed by atoms with Crippen LogP contribution in [0.5, 0.6) is 5.75 Å². The fraction of sp³-hybridized carbons (Fsp3) is 0.533. The molecule has 6 nitrogen and oxygen atoms in total. The minimum absolute atomic E-state index is 0.266. The highest BCUT2D eigenvalue weighted by Crippen LogP contribution is 2.38. The monoisotopic (exact) mass is 287 g/mol. The molecule has 0 saturated heterocycles. The topological polar surface area (TPSA) is 78.8 Å². The summed E-state index contributed by atoms with van der Waals surface area (Å²) < 4.78 is 7.31. The van der Waals surface area contributed by atoms with Crippen LogP contribution in [0.4, 0.5) is 5.69 Å². The molecule has 0 aliphatic heterocycles. The second-order valence-electron chi connectivity index (χ2n) is 5.66. The van der Waals surface area contributed by atoms with E-state index in [-0.39, 0.29) is 6.04 Å². The van der Waals surface area contributed by atoms with Crippen LogP contribution >= 0.6 is 0 Å². The molecule has 0 amide bonds. The molecule has 1 heterocycles. The zero-order valence-corrected chi connectivity index (χ0v) is 12.5. The number of tetrazole rings is 1. The molecule has 1 aromatic carbocycles. The van der Waals surface area contributed by atoms with Gasteiger partial charge in [0.05, 0.1) is 18.7 Å². The van der Waals surface area contributed by atoms with E-state index in [9.17, 15) is 0 Å². The SMILES string of the molecule is COc1cccc(N)c1-c1nnnn1C(C)C1CCCC1. The molecule has 1 unspecified atom stereocenters. The first-order valence-electron chi connectivity index (χ1n) is 7.43. The third-order valence-corrected chi connectivity index (χ3v) is 4.46. The van der Waals surface area contributed by atoms with Crippen LogP contribution in [-0.2, 0) is 0 Å². The molecule has 2 N–H and O–H groups in total. The number of hydrogen-bond acceptors (Lipinski definition) is 5. The Morgan fingerprint density at radius 1 is 1.33 bits per heavy atom. The van der Waals surface area contributed by atoms with Crippen molar-refractivity contribution in [3.8, 4) is 17.1 Å². The maximum absolute atomic E-state index is 6.12. The van der Waals surface area contributed by atoms with Gasteiger partial charge in [0, 0.05) is 5.69 Å². The summed E-state index contributed by atoms with van der Waals surface area (Å²) in [4.78, 5) is 0. The van der Waals surface area contributed by atoms with Crippen LogP contribution in [0, 0.1) is 5.92 Å². The lowest BCUT2D eigenvalue weighted by Gasteiger charge is -2.20. The quantitative estimate of drug-likeness (QED) is 0.875. The summed E-state index contributed by atoms with van der Waals surface area (Å²) in [7, 11) is 1.63. The van der Waals surface area contributed by atoms with Crippen LogP contribution in [0.1, 0.15) is 38.6 Å². The molecule has 2 aromatic rings. The molecule has 112 valence electrons. The molecule has 1 aliphatic carbocycles. The predicted molar refractivity (Wildman–Crippen MR) is 80.9 cm³/mol. The van der Waals surface area contributed by atoms with Gasteiger partial charge >= 0.3 is 0 Å². The van der Waals surface area contributed by atoms with Crippen molar-refractivity contribution >= 4 is 5.69 Å². The molecule has 0 radical (unpaired) electrons. The number of aromatic nitrogens is 4. The van der Waals surface area contributed by atoms with Gasteiger partial charge in [0.2, 0.25) is 0 Å². The third-order valence-electron chi connectivity index (χ3n) is 4.46. The van der Waals surface area contributed by atoms with Crippen LogP contribution in [0.2, 0.25) is 0 Å². The van der Waals surface area contributed by atoms with Crippen molar-refractivity contribution in [2.24, 2.45) is 5.92 Å². The molecule has 21 heavy (non-hydrogen) atoms. The Morgan fingerprint density at radius 2 is 2.10 bits per heavy atom. The van der Waals surface area contributed by atoms with Crippen LogP contribution < -0.4 is 10.5 Å². The number of rotatable bonds is 4. The number of benzene rings is 1. The summed E-state index contributed by atoms with van der Waals surface area (Å²) in [6, 6.07) is 5.86. The smallest absolute Gasteiger partial charge is 0.188 e. The van der Waals surface area contributed by atoms with Crippen LogP contribution in [-0.4, -0.2) is 27.3 Å². The molecule has 1 fully saturated rings. The second-order valence-corrected chi connectivity index (χ2v) is 5.66. The first kappa shape index (κ1) is 13.9. The van der Waals surface area contributed by atoms with E-state index in [4.69, 9.17) is 10.5 Å². The van der Waals surface area contributed by atoms with Crippen molar-refractivity contribution in [2.75, 3.05) is 12.8 Å². The Bertz CT molecular complexity index is 618. The average molecular weight is 287 g/mol. The minimum Gasteiger partial charge on any atom is -0.496 e. The molecule has 6 heteroatoms. The Morgan fingerprint density at radius 3 is 2.81 bits per heavy atom. The highest BCUT2D eigenvalue weighted by molar-refractivity contribution is 5.77. The summed E-state index contributed by atoms with van der Waals surface area (Å²) in [6.45, 7) is 2.18. The van der Waals surface area contributed by atoms with Gasteiger partial charge in [-0.1, -0.05) is 18.9 Å². The van der Waals surface area contributed by atoms with E-state index in [1.165, 1.54) is 25.7 Å². The van der Waals surface area contributed by atoms with Gasteiger partial charge in [-0.25, -0.2) is 4.68 Å². The Kier molecular flexibility index (Phi) is 3.77. The summed E-state index contributed by atoms with van der Waals surface area (Å²) in [5.41, 5.74) is 7.52. The number of anilines is 1. The summed E-state index contributed by atoms with van der Waals surface area (Å²) in [5, 5.41) is 12.2. The highest BCUT2D eigenvalue weighted by atomic mass is 16.5. The number of ether oxygens (including phenoxy) is 1. The van der Waals surface area contributed by atoms with Gasteiger partial charge in [-0.3, -0.25) is 0 Å². The lowest BCUT2D eigenvalue weighted by Crippen LogP contribution is -2.17. The van der Waals surface area contributed by atoms with Gasteiger partial charge in [0.25, 0.3) is 0 Å². The predicted octanol–water partition coefficient (Wildman–Crippen LogP) is 2.68. The van der Waals surface area contributed by atoms with Crippen LogP contribution in [0.25, 0.3) is 11.4 Å². The van der Waals surface area contributed by atoms with Crippen LogP contribution in [0.15, 0.2) is 18.2 Å². The van der Waals surface area contributed by atoms with Gasteiger partial charge in [-0.15, -0.1) is 5.10 Å². The number of hydrogen-bond donors (Lipinski definition) is 1. The van der Waals surface area contributed by atoms with Crippen LogP contribution in [0.3, 0.4) is 0 Å². The molecule has 0 bridgehead atoms. The van der Waals surface area contributed by atoms with Crippen molar-refractivity contribution in [2.45, 2.75) is 38.6 Å². The molecular weight excluding hydrogens is 266 g/mol. The molecule has 0 spiro atoms. The van der Waals surface area contributed by atoms with E-state index in [0.717, 1.165) is 5.56 Å². The summed E-state index contributed by atoms with van der Waals surface area (Å²) in [6.07, 6.45) is 5.07. The number of nitrogen functional groups attached to an aromatic ring is 1. The second kappa shape index (κ2) is 5.71. The standard InChI is InChI=1S/C15H21N5O/c1-10(11-6-3-4-7-11)20-15(17-18-19-20)14-12(16)8-5-9-13(14)21-2/h5,8-11H,3-4,6-7,16H2,1-2H3. The van der Waals surface area contributed by atoms with E-state index < -0.39 is 0 Å². The van der Waals surface area contributed by atoms with Crippen molar-refractivity contribution in [1.29, 1.82) is 0 Å². The van der Waals surface area contributed by atoms with Gasteiger partial charge in [-0.05, 0) is 48.2 Å². The van der Waals surface area contributed by atoms with Crippen molar-refractivity contribution < 1.29 is 4.74 Å². The van der Waals surface area contributed by atoms with Gasteiger partial charge < -0.3 is 10.5 Å². The van der Waals surface area contributed by atoms with E-state index in [1.807, 2.05) is 22.9 Å². The summed E-state index contributed by atoms with van der Waals surface area (Å²) >= 11 is 0. The minimum atomic E-state index is 0.266. The van der Waals surface area contributed by atoms with E-state index in [0.29, 0.717) is 23.2 Å². The Labute approximate surface area is 124 Å². The van der Waals surface area contributed by atoms with E-state index >= 15 is 0 Å². The lowest BCUT2D eigenvalue weighted by atomic mass is 9.99. The Balaban J connectivity index is 2.03. The lowest BCUT2D eigenvalue weighted by molar-refractivity contribution is 0.331. The fourth-order valence-corrected chi connectivity index (χ4v) is 3.23. The molecule has 3 rings (SSSR count). The maximum Gasteiger partial charge on any atom is 0.188 e. The molecule has 1 saturated carbocycles. The van der Waals surface area contributed by atoms with Gasteiger partial charge in [0.15, 0.2) is 5.82 Å². The average Bonchev–Trinajstić information content (AvgIpc) is 3.17. The number of nitrogens with zero attached hydrogens (tertiary/aromatic N) is 4. The molecule has 1 aliphatic rings. The highest BCUT2D eigenvalue weighted by Gasteiger charge is 2.27. The Hall–Kier alpha value is -2.11. The zero-order valence-electron chi connectivity index (χ0n) is 12.5. The van der Waals surface area contributed by atoms with E-state index in [1.54, 1.807) is 7.11 Å². The van der Waals surface area contributed by atoms with Gasteiger partial charge in [-0.2, -0.15) is 0 Å². The first-order valence-corrected chi connectivity index (χ1v) is 7.43. The largest absolute Gasteiger partial charge is 0.496 e. The molecule has 1 aromatic heterocycles. The number of nitrogens with two attached hydrogens (primary N) is 1. The fourth-order valence-electron chi connectivity index (χ4n) is 3.23. The summed E-state index contributed by atoms with van der Waals surface area (Å²) in [5.74, 6) is 2.01. The maximum atomic E-state index is 6.12. The third kappa shape index (κ3) is 2.46. The van der Waals surface area contributed by atoms with Crippen molar-refractivity contribution in [3.63, 3.8) is 0 Å². The van der Waals surface area contributed by atoms with E-state index in [2.05, 4.69) is 22.4 Å². The normalized spacial score (nSPS) is 17.0. The van der Waals surface area contributed by atoms with Crippen molar-refractivity contribution in [3.05, 3.63) is 18.2 Å². The number of methoxy groups -OCH3 is 1. The molecule has 1 atom stereocenters. The first-order chi connectivity index (χ1) is 10.2. The van der Waals surface area contributed by atoms with Crippen molar-refractivity contribution in [1.82, 2.24) is 20.2 Å².